The third-order valence-corrected chi connectivity index (χ3v) is 1.60. The van der Waals surface area contributed by atoms with Crippen LogP contribution in [0, 0.1) is 0 Å². The summed E-state index contributed by atoms with van der Waals surface area (Å²) in [6.07, 6.45) is 3.77. The first-order valence-electron chi connectivity index (χ1n) is 3.89. The van der Waals surface area contributed by atoms with Crippen LogP contribution in [0.5, 0.6) is 0 Å². The zero-order valence-electron chi connectivity index (χ0n) is 7.25. The van der Waals surface area contributed by atoms with E-state index in [-0.39, 0.29) is 0 Å². The van der Waals surface area contributed by atoms with Crippen LogP contribution in [0.1, 0.15) is 18.1 Å². The Kier molecular flexibility index (Phi) is 2.70. The van der Waals surface area contributed by atoms with Crippen molar-refractivity contribution in [2.45, 2.75) is 6.92 Å². The van der Waals surface area contributed by atoms with Crippen molar-refractivity contribution in [3.05, 3.63) is 47.7 Å². The molecule has 1 nitrogen and oxygen atoms in total. The lowest BCUT2D eigenvalue weighted by atomic mass is 10.1. The molecule has 1 aromatic carbocycles. The minimum absolute atomic E-state index is 0.810. The Hall–Kier alpha value is -1.50. The molecule has 62 valence electrons. The summed E-state index contributed by atoms with van der Waals surface area (Å²) >= 11 is 0. The van der Waals surface area contributed by atoms with Crippen molar-refractivity contribution in [1.82, 2.24) is 0 Å². The lowest BCUT2D eigenvalue weighted by Crippen LogP contribution is -1.90. The highest BCUT2D eigenvalue weighted by Crippen LogP contribution is 2.12. The second-order valence-corrected chi connectivity index (χ2v) is 2.72. The highest BCUT2D eigenvalue weighted by atomic mass is 14.5. The van der Waals surface area contributed by atoms with Gasteiger partial charge in [-0.2, -0.15) is 0 Å². The van der Waals surface area contributed by atoms with Gasteiger partial charge >= 0.3 is 0 Å². The van der Waals surface area contributed by atoms with Crippen LogP contribution in [0.15, 0.2) is 36.5 Å². The van der Waals surface area contributed by atoms with E-state index in [1.165, 1.54) is 0 Å². The molecule has 0 aromatic heterocycles. The lowest BCUT2D eigenvalue weighted by molar-refractivity contribution is 1.34. The van der Waals surface area contributed by atoms with Crippen molar-refractivity contribution in [2.24, 2.45) is 5.73 Å². The van der Waals surface area contributed by atoms with E-state index in [0.29, 0.717) is 0 Å². The Bertz CT molecular complexity index is 307. The van der Waals surface area contributed by atoms with E-state index >= 15 is 0 Å². The monoisotopic (exact) mass is 159 g/mol. The first kappa shape index (κ1) is 8.60. The predicted molar refractivity (Wildman–Crippen MR) is 54.4 cm³/mol. The average Bonchev–Trinajstić information content (AvgIpc) is 2.04. The Labute approximate surface area is 73.2 Å². The maximum absolute atomic E-state index is 5.57. The predicted octanol–water partition coefficient (Wildman–Crippen LogP) is 2.65. The van der Waals surface area contributed by atoms with Gasteiger partial charge in [-0.05, 0) is 24.1 Å². The molecular weight excluding hydrogens is 146 g/mol. The van der Waals surface area contributed by atoms with Gasteiger partial charge in [0.15, 0.2) is 0 Å². The molecule has 0 aliphatic carbocycles. The molecule has 1 heteroatoms. The van der Waals surface area contributed by atoms with Crippen LogP contribution in [-0.2, 0) is 0 Å². The minimum atomic E-state index is 0.810. The Morgan fingerprint density at radius 3 is 2.42 bits per heavy atom. The number of rotatable bonds is 2. The molecule has 0 bridgehead atoms. The van der Waals surface area contributed by atoms with E-state index in [9.17, 15) is 0 Å². The van der Waals surface area contributed by atoms with Crippen LogP contribution in [0.25, 0.3) is 12.2 Å². The standard InChI is InChI=1S/C11H13N/c1-3-10-6-4-5-7-11(10)8-9(2)12/h3-8H,1,12H2,2H3/b9-8+. The second kappa shape index (κ2) is 3.77. The number of benzene rings is 1. The van der Waals surface area contributed by atoms with E-state index < -0.39 is 0 Å². The summed E-state index contributed by atoms with van der Waals surface area (Å²) in [7, 11) is 0. The van der Waals surface area contributed by atoms with Crippen LogP contribution < -0.4 is 5.73 Å². The largest absolute Gasteiger partial charge is 0.402 e. The zero-order valence-corrected chi connectivity index (χ0v) is 7.25. The molecule has 0 atom stereocenters. The van der Waals surface area contributed by atoms with Gasteiger partial charge in [-0.1, -0.05) is 36.9 Å². The van der Waals surface area contributed by atoms with Crippen molar-refractivity contribution in [3.63, 3.8) is 0 Å². The highest BCUT2D eigenvalue weighted by molar-refractivity contribution is 5.65. The molecule has 0 saturated heterocycles. The van der Waals surface area contributed by atoms with Crippen LogP contribution in [0.2, 0.25) is 0 Å². The fourth-order valence-electron chi connectivity index (χ4n) is 1.07. The second-order valence-electron chi connectivity index (χ2n) is 2.72. The van der Waals surface area contributed by atoms with Crippen molar-refractivity contribution in [2.75, 3.05) is 0 Å². The average molecular weight is 159 g/mol. The normalized spacial score (nSPS) is 11.2. The number of hydrogen-bond donors (Lipinski definition) is 1. The molecule has 12 heavy (non-hydrogen) atoms. The maximum Gasteiger partial charge on any atom is 0.00550 e. The Morgan fingerprint density at radius 2 is 1.92 bits per heavy atom. The molecule has 1 aromatic rings. The summed E-state index contributed by atoms with van der Waals surface area (Å²) in [6.45, 7) is 5.60. The van der Waals surface area contributed by atoms with E-state index in [4.69, 9.17) is 5.73 Å². The number of hydrogen-bond acceptors (Lipinski definition) is 1. The summed E-state index contributed by atoms with van der Waals surface area (Å²) in [4.78, 5) is 0. The Balaban J connectivity index is 3.14. The van der Waals surface area contributed by atoms with E-state index in [0.717, 1.165) is 16.8 Å². The van der Waals surface area contributed by atoms with Crippen molar-refractivity contribution in [1.29, 1.82) is 0 Å². The van der Waals surface area contributed by atoms with Gasteiger partial charge in [-0.15, -0.1) is 0 Å². The highest BCUT2D eigenvalue weighted by Gasteiger charge is 1.92. The summed E-state index contributed by atoms with van der Waals surface area (Å²) in [5.41, 5.74) is 8.62. The van der Waals surface area contributed by atoms with Gasteiger partial charge in [0.25, 0.3) is 0 Å². The summed E-state index contributed by atoms with van der Waals surface area (Å²) in [5.74, 6) is 0. The number of allylic oxidation sites excluding steroid dienone is 1. The molecule has 0 fully saturated rings. The molecular formula is C11H13N. The fourth-order valence-corrected chi connectivity index (χ4v) is 1.07. The molecule has 1 rings (SSSR count). The van der Waals surface area contributed by atoms with Crippen LogP contribution in [-0.4, -0.2) is 0 Å². The lowest BCUT2D eigenvalue weighted by Gasteiger charge is -1.99. The van der Waals surface area contributed by atoms with Gasteiger partial charge in [0.2, 0.25) is 0 Å². The van der Waals surface area contributed by atoms with E-state index in [1.807, 2.05) is 43.3 Å². The zero-order chi connectivity index (χ0) is 8.97. The van der Waals surface area contributed by atoms with Crippen molar-refractivity contribution >= 4 is 12.2 Å². The summed E-state index contributed by atoms with van der Waals surface area (Å²) in [6, 6.07) is 8.01. The topological polar surface area (TPSA) is 26.0 Å². The van der Waals surface area contributed by atoms with E-state index in [1.54, 1.807) is 0 Å². The SMILES string of the molecule is C=Cc1ccccc1/C=C(\C)N. The first-order chi connectivity index (χ1) is 5.74. The molecule has 0 heterocycles. The third kappa shape index (κ3) is 1.99. The molecule has 0 aliphatic heterocycles. The molecule has 0 radical (unpaired) electrons. The van der Waals surface area contributed by atoms with Crippen LogP contribution in [0.4, 0.5) is 0 Å². The fraction of sp³-hybridized carbons (Fsp3) is 0.0909. The molecule has 0 aliphatic rings. The molecule has 0 amide bonds. The minimum Gasteiger partial charge on any atom is -0.402 e. The number of nitrogens with two attached hydrogens (primary N) is 1. The molecule has 0 spiro atoms. The van der Waals surface area contributed by atoms with Crippen molar-refractivity contribution < 1.29 is 0 Å². The van der Waals surface area contributed by atoms with Gasteiger partial charge in [-0.25, -0.2) is 0 Å². The van der Waals surface area contributed by atoms with Gasteiger partial charge in [0.05, 0.1) is 0 Å². The van der Waals surface area contributed by atoms with Gasteiger partial charge in [-0.3, -0.25) is 0 Å². The third-order valence-electron chi connectivity index (χ3n) is 1.60. The maximum atomic E-state index is 5.57. The first-order valence-corrected chi connectivity index (χ1v) is 3.89. The molecule has 0 unspecified atom stereocenters. The van der Waals surface area contributed by atoms with Crippen LogP contribution >= 0.6 is 0 Å². The summed E-state index contributed by atoms with van der Waals surface area (Å²) < 4.78 is 0. The van der Waals surface area contributed by atoms with Crippen molar-refractivity contribution in [3.8, 4) is 0 Å². The quantitative estimate of drug-likeness (QED) is 0.705. The Morgan fingerprint density at radius 1 is 1.33 bits per heavy atom. The van der Waals surface area contributed by atoms with Gasteiger partial charge in [0.1, 0.15) is 0 Å². The van der Waals surface area contributed by atoms with Gasteiger partial charge in [0, 0.05) is 5.70 Å². The molecule has 2 N–H and O–H groups in total. The smallest absolute Gasteiger partial charge is 0.00550 e. The van der Waals surface area contributed by atoms with Gasteiger partial charge < -0.3 is 5.73 Å². The molecule has 0 saturated carbocycles. The van der Waals surface area contributed by atoms with Crippen LogP contribution in [0.3, 0.4) is 0 Å². The summed E-state index contributed by atoms with van der Waals surface area (Å²) in [5, 5.41) is 0. The van der Waals surface area contributed by atoms with E-state index in [2.05, 4.69) is 6.58 Å².